The summed E-state index contributed by atoms with van der Waals surface area (Å²) in [6, 6.07) is 16.9. The zero-order valence-corrected chi connectivity index (χ0v) is 14.8. The molecule has 0 saturated heterocycles. The number of nitrogens with one attached hydrogen (secondary N) is 1. The van der Waals surface area contributed by atoms with E-state index in [-0.39, 0.29) is 11.9 Å². The monoisotopic (exact) mass is 347 g/mol. The first kappa shape index (κ1) is 17.5. The van der Waals surface area contributed by atoms with Gasteiger partial charge in [0.1, 0.15) is 17.6 Å². The quantitative estimate of drug-likeness (QED) is 0.696. The Morgan fingerprint density at radius 3 is 2.69 bits per heavy atom. The highest BCUT2D eigenvalue weighted by Crippen LogP contribution is 2.24. The summed E-state index contributed by atoms with van der Waals surface area (Å²) in [5, 5.41) is 3.03. The van der Waals surface area contributed by atoms with Gasteiger partial charge >= 0.3 is 0 Å². The van der Waals surface area contributed by atoms with Gasteiger partial charge in [0.25, 0.3) is 0 Å². The molecule has 3 rings (SSSR count). The van der Waals surface area contributed by atoms with Gasteiger partial charge in [0, 0.05) is 25.5 Å². The molecule has 5 nitrogen and oxygen atoms in total. The number of hydrogen-bond donors (Lipinski definition) is 1. The second-order valence-electron chi connectivity index (χ2n) is 5.86. The van der Waals surface area contributed by atoms with E-state index in [0.29, 0.717) is 0 Å². The highest BCUT2D eigenvalue weighted by atomic mass is 16.5. The predicted molar refractivity (Wildman–Crippen MR) is 102 cm³/mol. The fraction of sp³-hybridized carbons (Fsp3) is 0.143. The molecule has 1 unspecified atom stereocenters. The third kappa shape index (κ3) is 4.19. The number of nitrogens with zero attached hydrogens (tertiary/aromatic N) is 2. The third-order valence-electron chi connectivity index (χ3n) is 4.06. The van der Waals surface area contributed by atoms with Crippen molar-refractivity contribution in [2.24, 2.45) is 7.05 Å². The van der Waals surface area contributed by atoms with Crippen LogP contribution in [0.3, 0.4) is 0 Å². The first-order valence-corrected chi connectivity index (χ1v) is 8.32. The number of ether oxygens (including phenoxy) is 1. The van der Waals surface area contributed by atoms with Crippen LogP contribution in [0.25, 0.3) is 6.08 Å². The molecule has 3 aromatic rings. The summed E-state index contributed by atoms with van der Waals surface area (Å²) in [4.78, 5) is 16.9. The van der Waals surface area contributed by atoms with Crippen molar-refractivity contribution >= 4 is 12.0 Å². The first-order chi connectivity index (χ1) is 12.7. The molecule has 1 atom stereocenters. The minimum Gasteiger partial charge on any atom is -0.497 e. The molecule has 0 aliphatic carbocycles. The zero-order chi connectivity index (χ0) is 18.4. The lowest BCUT2D eigenvalue weighted by atomic mass is 10.1. The van der Waals surface area contributed by atoms with Gasteiger partial charge in [-0.15, -0.1) is 0 Å². The van der Waals surface area contributed by atoms with E-state index in [1.54, 1.807) is 19.4 Å². The molecule has 0 bridgehead atoms. The van der Waals surface area contributed by atoms with Crippen molar-refractivity contribution in [3.63, 3.8) is 0 Å². The van der Waals surface area contributed by atoms with Gasteiger partial charge in [-0.1, -0.05) is 42.5 Å². The number of benzene rings is 2. The van der Waals surface area contributed by atoms with Crippen LogP contribution in [0.5, 0.6) is 5.75 Å². The van der Waals surface area contributed by atoms with E-state index in [4.69, 9.17) is 4.74 Å². The van der Waals surface area contributed by atoms with Crippen molar-refractivity contribution in [1.29, 1.82) is 0 Å². The number of aryl methyl sites for hydroxylation is 1. The van der Waals surface area contributed by atoms with Crippen LogP contribution < -0.4 is 10.1 Å². The van der Waals surface area contributed by atoms with Crippen LogP contribution in [0.2, 0.25) is 0 Å². The number of imidazole rings is 1. The first-order valence-electron chi connectivity index (χ1n) is 8.32. The normalized spacial score (nSPS) is 12.1. The maximum Gasteiger partial charge on any atom is 0.244 e. The number of carbonyl (C=O) groups is 1. The summed E-state index contributed by atoms with van der Waals surface area (Å²) in [5.74, 6) is 1.29. The van der Waals surface area contributed by atoms with Gasteiger partial charge in [-0.05, 0) is 29.3 Å². The van der Waals surface area contributed by atoms with E-state index in [9.17, 15) is 4.79 Å². The Balaban J connectivity index is 1.85. The lowest BCUT2D eigenvalue weighted by molar-refractivity contribution is -0.117. The maximum atomic E-state index is 12.5. The van der Waals surface area contributed by atoms with Gasteiger partial charge in [-0.3, -0.25) is 4.79 Å². The predicted octanol–water partition coefficient (Wildman–Crippen LogP) is 3.35. The van der Waals surface area contributed by atoms with E-state index in [1.165, 1.54) is 6.08 Å². The molecule has 1 aromatic heterocycles. The number of methoxy groups -OCH3 is 1. The van der Waals surface area contributed by atoms with Crippen LogP contribution in [-0.4, -0.2) is 22.6 Å². The van der Waals surface area contributed by atoms with Gasteiger partial charge in [-0.2, -0.15) is 0 Å². The van der Waals surface area contributed by atoms with Crippen molar-refractivity contribution in [2.45, 2.75) is 6.04 Å². The molecule has 132 valence electrons. The van der Waals surface area contributed by atoms with Crippen molar-refractivity contribution < 1.29 is 9.53 Å². The number of rotatable bonds is 6. The van der Waals surface area contributed by atoms with Gasteiger partial charge in [-0.25, -0.2) is 4.98 Å². The number of amides is 1. The average molecular weight is 347 g/mol. The van der Waals surface area contributed by atoms with Gasteiger partial charge < -0.3 is 14.6 Å². The molecule has 2 aromatic carbocycles. The molecule has 1 amide bonds. The molecule has 1 heterocycles. The van der Waals surface area contributed by atoms with E-state index in [1.807, 2.05) is 72.4 Å². The lowest BCUT2D eigenvalue weighted by Crippen LogP contribution is -2.29. The molecule has 1 N–H and O–H groups in total. The summed E-state index contributed by atoms with van der Waals surface area (Å²) in [7, 11) is 3.53. The Labute approximate surface area is 153 Å². The number of hydrogen-bond acceptors (Lipinski definition) is 3. The Bertz CT molecular complexity index is 900. The Morgan fingerprint density at radius 1 is 1.19 bits per heavy atom. The minimum absolute atomic E-state index is 0.190. The average Bonchev–Trinajstić information content (AvgIpc) is 3.11. The number of carbonyl (C=O) groups excluding carboxylic acids is 1. The Kier molecular flexibility index (Phi) is 5.49. The standard InChI is InChI=1S/C21H21N3O2/c1-24-14-13-22-21(24)20(17-9-6-10-18(15-17)26-2)23-19(25)12-11-16-7-4-3-5-8-16/h3-15,20H,1-2H3,(H,23,25)/b12-11+. The van der Waals surface area contributed by atoms with Crippen molar-refractivity contribution in [1.82, 2.24) is 14.9 Å². The SMILES string of the molecule is COc1cccc(C(NC(=O)/C=C/c2ccccc2)c2nccn2C)c1. The van der Waals surface area contributed by atoms with Crippen LogP contribution in [0, 0.1) is 0 Å². The molecule has 26 heavy (non-hydrogen) atoms. The van der Waals surface area contributed by atoms with Crippen molar-refractivity contribution in [3.05, 3.63) is 90.0 Å². The Morgan fingerprint density at radius 2 is 2.00 bits per heavy atom. The van der Waals surface area contributed by atoms with Crippen molar-refractivity contribution in [2.75, 3.05) is 7.11 Å². The van der Waals surface area contributed by atoms with Gasteiger partial charge in [0.2, 0.25) is 5.91 Å². The molecule has 0 spiro atoms. The smallest absolute Gasteiger partial charge is 0.244 e. The van der Waals surface area contributed by atoms with E-state index in [0.717, 1.165) is 22.7 Å². The lowest BCUT2D eigenvalue weighted by Gasteiger charge is -2.19. The van der Waals surface area contributed by atoms with Crippen LogP contribution >= 0.6 is 0 Å². The van der Waals surface area contributed by atoms with Crippen LogP contribution in [0.15, 0.2) is 73.1 Å². The summed E-state index contributed by atoms with van der Waals surface area (Å²) in [6.07, 6.45) is 6.89. The highest BCUT2D eigenvalue weighted by Gasteiger charge is 2.20. The minimum atomic E-state index is -0.377. The second-order valence-corrected chi connectivity index (χ2v) is 5.86. The largest absolute Gasteiger partial charge is 0.497 e. The third-order valence-corrected chi connectivity index (χ3v) is 4.06. The van der Waals surface area contributed by atoms with Crippen LogP contribution in [0.1, 0.15) is 23.0 Å². The topological polar surface area (TPSA) is 56.1 Å². The van der Waals surface area contributed by atoms with Crippen LogP contribution in [-0.2, 0) is 11.8 Å². The van der Waals surface area contributed by atoms with E-state index < -0.39 is 0 Å². The van der Waals surface area contributed by atoms with E-state index >= 15 is 0 Å². The summed E-state index contributed by atoms with van der Waals surface area (Å²) in [5.41, 5.74) is 1.87. The van der Waals surface area contributed by atoms with Gasteiger partial charge in [0.05, 0.1) is 7.11 Å². The number of aromatic nitrogens is 2. The fourth-order valence-corrected chi connectivity index (χ4v) is 2.70. The summed E-state index contributed by atoms with van der Waals surface area (Å²) in [6.45, 7) is 0. The van der Waals surface area contributed by atoms with Gasteiger partial charge in [0.15, 0.2) is 0 Å². The summed E-state index contributed by atoms with van der Waals surface area (Å²) >= 11 is 0. The van der Waals surface area contributed by atoms with Crippen LogP contribution in [0.4, 0.5) is 0 Å². The molecule has 0 fully saturated rings. The highest BCUT2D eigenvalue weighted by molar-refractivity contribution is 5.92. The molecule has 5 heteroatoms. The fourth-order valence-electron chi connectivity index (χ4n) is 2.70. The zero-order valence-electron chi connectivity index (χ0n) is 14.8. The molecule has 0 aliphatic heterocycles. The molecular weight excluding hydrogens is 326 g/mol. The maximum absolute atomic E-state index is 12.5. The molecule has 0 saturated carbocycles. The Hall–Kier alpha value is -3.34. The molecular formula is C21H21N3O2. The molecule has 0 radical (unpaired) electrons. The second kappa shape index (κ2) is 8.16. The molecule has 0 aliphatic rings. The van der Waals surface area contributed by atoms with Crippen molar-refractivity contribution in [3.8, 4) is 5.75 Å². The summed E-state index contributed by atoms with van der Waals surface area (Å²) < 4.78 is 7.20. The van der Waals surface area contributed by atoms with E-state index in [2.05, 4.69) is 10.3 Å².